The van der Waals surface area contributed by atoms with Crippen LogP contribution in [0, 0.1) is 13.8 Å². The van der Waals surface area contributed by atoms with Gasteiger partial charge in [-0.25, -0.2) is 8.42 Å². The van der Waals surface area contributed by atoms with Gasteiger partial charge in [0.2, 0.25) is 11.8 Å². The number of rotatable bonds is 12. The first-order chi connectivity index (χ1) is 20.1. The standard InChI is InChI=1S/C33H41N3O5S/c1-5-30(33(38)34-27-15-9-10-16-27)35(22-26-14-12-17-28(21-26)41-4)32(37)23-36(31-20-11-13-24(2)25(31)3)42(39,40)29-18-7-6-8-19-29/h6-8,11-14,17-21,27,30H,5,9-10,15-16,22-23H2,1-4H3,(H,34,38). The van der Waals surface area contributed by atoms with Crippen molar-refractivity contribution in [2.45, 2.75) is 76.4 Å². The Labute approximate surface area is 249 Å². The van der Waals surface area contributed by atoms with Gasteiger partial charge in [-0.15, -0.1) is 0 Å². The summed E-state index contributed by atoms with van der Waals surface area (Å²) in [5.74, 6) is -0.0523. The zero-order valence-electron chi connectivity index (χ0n) is 24.9. The first-order valence-corrected chi connectivity index (χ1v) is 16.0. The molecule has 9 heteroatoms. The highest BCUT2D eigenvalue weighted by Crippen LogP contribution is 2.29. The fraction of sp³-hybridized carbons (Fsp3) is 0.394. The van der Waals surface area contributed by atoms with Gasteiger partial charge >= 0.3 is 0 Å². The largest absolute Gasteiger partial charge is 0.497 e. The summed E-state index contributed by atoms with van der Waals surface area (Å²) in [5, 5.41) is 3.14. The van der Waals surface area contributed by atoms with Crippen LogP contribution in [0.4, 0.5) is 5.69 Å². The predicted octanol–water partition coefficient (Wildman–Crippen LogP) is 5.37. The van der Waals surface area contributed by atoms with Crippen molar-refractivity contribution in [2.75, 3.05) is 18.0 Å². The number of nitrogens with zero attached hydrogens (tertiary/aromatic N) is 2. The molecule has 1 atom stereocenters. The zero-order valence-corrected chi connectivity index (χ0v) is 25.7. The lowest BCUT2D eigenvalue weighted by Crippen LogP contribution is -2.53. The van der Waals surface area contributed by atoms with Crippen LogP contribution in [0.1, 0.15) is 55.7 Å². The molecule has 0 aliphatic heterocycles. The third-order valence-corrected chi connectivity index (χ3v) is 9.80. The number of aryl methyl sites for hydroxylation is 1. The molecule has 224 valence electrons. The van der Waals surface area contributed by atoms with Gasteiger partial charge in [-0.3, -0.25) is 13.9 Å². The number of carbonyl (C=O) groups is 2. The van der Waals surface area contributed by atoms with Crippen molar-refractivity contribution in [1.82, 2.24) is 10.2 Å². The Hall–Kier alpha value is -3.85. The minimum atomic E-state index is -4.11. The molecule has 42 heavy (non-hydrogen) atoms. The van der Waals surface area contributed by atoms with E-state index in [0.717, 1.165) is 42.4 Å². The van der Waals surface area contributed by atoms with E-state index in [4.69, 9.17) is 4.74 Å². The van der Waals surface area contributed by atoms with Crippen LogP contribution >= 0.6 is 0 Å². The SMILES string of the molecule is CCC(C(=O)NC1CCCC1)N(Cc1cccc(OC)c1)C(=O)CN(c1cccc(C)c1C)S(=O)(=O)c1ccccc1. The summed E-state index contributed by atoms with van der Waals surface area (Å²) in [6.45, 7) is 5.29. The van der Waals surface area contributed by atoms with E-state index >= 15 is 0 Å². The van der Waals surface area contributed by atoms with E-state index in [0.29, 0.717) is 17.9 Å². The van der Waals surface area contributed by atoms with E-state index in [9.17, 15) is 18.0 Å². The molecule has 0 bridgehead atoms. The Balaban J connectivity index is 1.74. The minimum absolute atomic E-state index is 0.0871. The quantitative estimate of drug-likeness (QED) is 0.305. The molecule has 0 heterocycles. The highest BCUT2D eigenvalue weighted by atomic mass is 32.2. The molecule has 2 amide bonds. The lowest BCUT2D eigenvalue weighted by Gasteiger charge is -2.34. The van der Waals surface area contributed by atoms with Crippen molar-refractivity contribution < 1.29 is 22.7 Å². The van der Waals surface area contributed by atoms with Crippen molar-refractivity contribution in [3.63, 3.8) is 0 Å². The summed E-state index contributed by atoms with van der Waals surface area (Å²) in [6.07, 6.45) is 4.35. The third kappa shape index (κ3) is 7.13. The average Bonchev–Trinajstić information content (AvgIpc) is 3.51. The molecule has 0 aromatic heterocycles. The number of amides is 2. The first-order valence-electron chi connectivity index (χ1n) is 14.5. The smallest absolute Gasteiger partial charge is 0.264 e. The van der Waals surface area contributed by atoms with Gasteiger partial charge in [0.25, 0.3) is 10.0 Å². The molecule has 1 aliphatic carbocycles. The van der Waals surface area contributed by atoms with Gasteiger partial charge < -0.3 is 15.0 Å². The number of nitrogens with one attached hydrogen (secondary N) is 1. The highest BCUT2D eigenvalue weighted by molar-refractivity contribution is 7.92. The summed E-state index contributed by atoms with van der Waals surface area (Å²) in [6, 6.07) is 20.2. The number of methoxy groups -OCH3 is 1. The van der Waals surface area contributed by atoms with Crippen LogP contribution in [0.15, 0.2) is 77.7 Å². The van der Waals surface area contributed by atoms with Crippen molar-refractivity contribution in [2.24, 2.45) is 0 Å². The van der Waals surface area contributed by atoms with Gasteiger partial charge in [0, 0.05) is 12.6 Å². The van der Waals surface area contributed by atoms with Crippen LogP contribution in [0.2, 0.25) is 0 Å². The van der Waals surface area contributed by atoms with E-state index in [1.165, 1.54) is 21.3 Å². The number of sulfonamides is 1. The molecule has 1 fully saturated rings. The number of benzene rings is 3. The molecule has 1 aliphatic rings. The zero-order chi connectivity index (χ0) is 30.3. The second-order valence-corrected chi connectivity index (χ2v) is 12.7. The van der Waals surface area contributed by atoms with Crippen molar-refractivity contribution >= 4 is 27.5 Å². The lowest BCUT2D eigenvalue weighted by molar-refractivity contribution is -0.140. The van der Waals surface area contributed by atoms with Crippen molar-refractivity contribution in [1.29, 1.82) is 0 Å². The summed E-state index contributed by atoms with van der Waals surface area (Å²) < 4.78 is 34.7. The summed E-state index contributed by atoms with van der Waals surface area (Å²) in [7, 11) is -2.54. The molecule has 1 unspecified atom stereocenters. The van der Waals surface area contributed by atoms with E-state index in [1.807, 2.05) is 51.1 Å². The van der Waals surface area contributed by atoms with Gasteiger partial charge in [-0.05, 0) is 80.1 Å². The topological polar surface area (TPSA) is 96.0 Å². The maximum atomic E-state index is 14.3. The molecule has 0 spiro atoms. The van der Waals surface area contributed by atoms with Gasteiger partial charge in [0.1, 0.15) is 18.3 Å². The van der Waals surface area contributed by atoms with Crippen LogP contribution in [-0.2, 0) is 26.2 Å². The molecule has 4 rings (SSSR count). The normalized spacial score (nSPS) is 14.3. The molecule has 8 nitrogen and oxygen atoms in total. The number of hydrogen-bond acceptors (Lipinski definition) is 5. The Morgan fingerprint density at radius 2 is 1.67 bits per heavy atom. The fourth-order valence-corrected chi connectivity index (χ4v) is 6.99. The molecule has 1 saturated carbocycles. The molecule has 3 aromatic rings. The maximum absolute atomic E-state index is 14.3. The molecule has 3 aromatic carbocycles. The Morgan fingerprint density at radius 3 is 2.33 bits per heavy atom. The molecule has 1 N–H and O–H groups in total. The average molecular weight is 592 g/mol. The van der Waals surface area contributed by atoms with Crippen molar-refractivity contribution in [3.05, 3.63) is 89.5 Å². The van der Waals surface area contributed by atoms with E-state index in [1.54, 1.807) is 37.4 Å². The second-order valence-electron chi connectivity index (χ2n) is 10.8. The van der Waals surface area contributed by atoms with Gasteiger partial charge in [-0.1, -0.05) is 62.2 Å². The van der Waals surface area contributed by atoms with E-state index < -0.39 is 28.5 Å². The monoisotopic (exact) mass is 591 g/mol. The number of anilines is 1. The fourth-order valence-electron chi connectivity index (χ4n) is 5.49. The molecular formula is C33H41N3O5S. The van der Waals surface area contributed by atoms with Crippen LogP contribution in [0.3, 0.4) is 0 Å². The van der Waals surface area contributed by atoms with Crippen molar-refractivity contribution in [3.8, 4) is 5.75 Å². The maximum Gasteiger partial charge on any atom is 0.264 e. The Morgan fingerprint density at radius 1 is 0.976 bits per heavy atom. The first kappa shape index (κ1) is 31.1. The molecule has 0 saturated heterocycles. The van der Waals surface area contributed by atoms with Crippen LogP contribution in [0.5, 0.6) is 5.75 Å². The summed E-state index contributed by atoms with van der Waals surface area (Å²) >= 11 is 0. The predicted molar refractivity (Wildman–Crippen MR) is 165 cm³/mol. The Bertz CT molecular complexity index is 1490. The second kappa shape index (κ2) is 13.9. The number of carbonyl (C=O) groups excluding carboxylic acids is 2. The minimum Gasteiger partial charge on any atom is -0.497 e. The number of hydrogen-bond donors (Lipinski definition) is 1. The molecular weight excluding hydrogens is 550 g/mol. The van der Waals surface area contributed by atoms with Gasteiger partial charge in [0.05, 0.1) is 17.7 Å². The van der Waals surface area contributed by atoms with Gasteiger partial charge in [-0.2, -0.15) is 0 Å². The summed E-state index contributed by atoms with van der Waals surface area (Å²) in [4.78, 5) is 29.5. The van der Waals surface area contributed by atoms with Crippen LogP contribution in [-0.4, -0.2) is 50.9 Å². The van der Waals surface area contributed by atoms with E-state index in [-0.39, 0.29) is 23.4 Å². The highest BCUT2D eigenvalue weighted by Gasteiger charge is 2.35. The van der Waals surface area contributed by atoms with Gasteiger partial charge in [0.15, 0.2) is 0 Å². The lowest BCUT2D eigenvalue weighted by atomic mass is 10.1. The van der Waals surface area contributed by atoms with E-state index in [2.05, 4.69) is 5.32 Å². The Kier molecular flexibility index (Phi) is 10.3. The van der Waals surface area contributed by atoms with Crippen LogP contribution in [0.25, 0.3) is 0 Å². The summed E-state index contributed by atoms with van der Waals surface area (Å²) in [5.41, 5.74) is 2.87. The number of ether oxygens (including phenoxy) is 1. The van der Waals surface area contributed by atoms with Crippen LogP contribution < -0.4 is 14.4 Å². The molecule has 0 radical (unpaired) electrons. The third-order valence-electron chi connectivity index (χ3n) is 8.03.